The summed E-state index contributed by atoms with van der Waals surface area (Å²) in [6.45, 7) is -0.781. The highest BCUT2D eigenvalue weighted by Crippen LogP contribution is 2.16. The Balaban J connectivity index is 2.44. The van der Waals surface area contributed by atoms with Crippen LogP contribution in [0.3, 0.4) is 0 Å². The zero-order chi connectivity index (χ0) is 8.27. The second-order valence-corrected chi connectivity index (χ2v) is 3.19. The van der Waals surface area contributed by atoms with Gasteiger partial charge in [-0.3, -0.25) is 0 Å². The second kappa shape index (κ2) is 3.78. The van der Waals surface area contributed by atoms with E-state index < -0.39 is 6.61 Å². The van der Waals surface area contributed by atoms with Gasteiger partial charge in [0.1, 0.15) is 0 Å². The van der Waals surface area contributed by atoms with Crippen molar-refractivity contribution in [1.82, 2.24) is 0 Å². The lowest BCUT2D eigenvalue weighted by atomic mass is 10.3. The van der Waals surface area contributed by atoms with E-state index >= 15 is 0 Å². The Morgan fingerprint density at radius 2 is 2.36 bits per heavy atom. The average Bonchev–Trinajstić information content (AvgIpc) is 2.31. The molecule has 11 heavy (non-hydrogen) atoms. The van der Waals surface area contributed by atoms with E-state index in [9.17, 15) is 8.78 Å². The number of ether oxygens (including phenoxy) is 1. The van der Waals surface area contributed by atoms with Gasteiger partial charge in [0.2, 0.25) is 0 Å². The summed E-state index contributed by atoms with van der Waals surface area (Å²) < 4.78 is 27.2. The van der Waals surface area contributed by atoms with Gasteiger partial charge in [0.25, 0.3) is 0 Å². The molecule has 0 N–H and O–H groups in total. The van der Waals surface area contributed by atoms with Gasteiger partial charge in [-0.1, -0.05) is 0 Å². The van der Waals surface area contributed by atoms with E-state index in [0.717, 1.165) is 10.4 Å². The molecule has 0 atom stereocenters. The predicted molar refractivity (Wildman–Crippen MR) is 39.8 cm³/mol. The minimum absolute atomic E-state index is 0.00694. The Labute approximate surface area is 67.6 Å². The zero-order valence-electron chi connectivity index (χ0n) is 6.01. The number of alkyl halides is 2. The Morgan fingerprint density at radius 1 is 1.64 bits per heavy atom. The van der Waals surface area contributed by atoms with E-state index in [1.54, 1.807) is 6.07 Å². The van der Waals surface area contributed by atoms with E-state index in [0.29, 0.717) is 0 Å². The molecule has 0 radical (unpaired) electrons. The third-order valence-electron chi connectivity index (χ3n) is 1.33. The Kier molecular flexibility index (Phi) is 2.96. The molecule has 1 heterocycles. The predicted octanol–water partition coefficient (Wildman–Crippen LogP) is 2.80. The highest BCUT2D eigenvalue weighted by atomic mass is 32.1. The van der Waals surface area contributed by atoms with E-state index in [-0.39, 0.29) is 6.61 Å². The SMILES string of the molecule is Cc1sccc1COC(F)F. The normalized spacial score (nSPS) is 10.9. The van der Waals surface area contributed by atoms with Gasteiger partial charge in [-0.05, 0) is 23.9 Å². The first-order chi connectivity index (χ1) is 5.20. The lowest BCUT2D eigenvalue weighted by molar-refractivity contribution is -0.137. The minimum atomic E-state index is -2.67. The molecule has 1 rings (SSSR count). The summed E-state index contributed by atoms with van der Waals surface area (Å²) in [6, 6.07) is 1.79. The molecule has 62 valence electrons. The zero-order valence-corrected chi connectivity index (χ0v) is 6.83. The van der Waals surface area contributed by atoms with Gasteiger partial charge in [0.05, 0.1) is 6.61 Å². The maximum absolute atomic E-state index is 11.5. The van der Waals surface area contributed by atoms with Crippen LogP contribution < -0.4 is 0 Å². The van der Waals surface area contributed by atoms with Crippen LogP contribution in [0.4, 0.5) is 8.78 Å². The number of halogens is 2. The topological polar surface area (TPSA) is 9.23 Å². The van der Waals surface area contributed by atoms with Crippen LogP contribution in [-0.2, 0) is 11.3 Å². The first-order valence-electron chi connectivity index (χ1n) is 3.13. The van der Waals surface area contributed by atoms with Crippen molar-refractivity contribution in [1.29, 1.82) is 0 Å². The third kappa shape index (κ3) is 2.55. The summed E-state index contributed by atoms with van der Waals surface area (Å²) in [4.78, 5) is 1.03. The number of hydrogen-bond acceptors (Lipinski definition) is 2. The van der Waals surface area contributed by atoms with Gasteiger partial charge in [-0.25, -0.2) is 0 Å². The summed E-state index contributed by atoms with van der Waals surface area (Å²) in [5.41, 5.74) is 0.843. The molecule has 1 nitrogen and oxygen atoms in total. The first kappa shape index (κ1) is 8.62. The molecule has 1 aromatic heterocycles. The Bertz CT molecular complexity index is 222. The van der Waals surface area contributed by atoms with Gasteiger partial charge >= 0.3 is 6.61 Å². The number of thiophene rings is 1. The smallest absolute Gasteiger partial charge is 0.318 e. The summed E-state index contributed by atoms with van der Waals surface area (Å²) in [5.74, 6) is 0. The number of hydrogen-bond donors (Lipinski definition) is 0. The van der Waals surface area contributed by atoms with Crippen LogP contribution >= 0.6 is 11.3 Å². The van der Waals surface area contributed by atoms with Crippen molar-refractivity contribution in [2.75, 3.05) is 0 Å². The van der Waals surface area contributed by atoms with Crippen LogP contribution in [0.1, 0.15) is 10.4 Å². The lowest BCUT2D eigenvalue weighted by Gasteiger charge is -2.00. The van der Waals surface area contributed by atoms with Gasteiger partial charge in [0.15, 0.2) is 0 Å². The second-order valence-electron chi connectivity index (χ2n) is 2.07. The summed E-state index contributed by atoms with van der Waals surface area (Å²) in [5, 5.41) is 1.86. The van der Waals surface area contributed by atoms with E-state index in [1.165, 1.54) is 11.3 Å². The quantitative estimate of drug-likeness (QED) is 0.691. The molecule has 0 amide bonds. The van der Waals surface area contributed by atoms with E-state index in [1.807, 2.05) is 12.3 Å². The molecule has 0 aromatic carbocycles. The van der Waals surface area contributed by atoms with Crippen LogP contribution in [-0.4, -0.2) is 6.61 Å². The van der Waals surface area contributed by atoms with Gasteiger partial charge in [0, 0.05) is 4.88 Å². The fourth-order valence-corrected chi connectivity index (χ4v) is 1.43. The van der Waals surface area contributed by atoms with Gasteiger partial charge < -0.3 is 4.74 Å². The van der Waals surface area contributed by atoms with Gasteiger partial charge in [-0.2, -0.15) is 8.78 Å². The van der Waals surface area contributed by atoms with Crippen molar-refractivity contribution in [2.24, 2.45) is 0 Å². The largest absolute Gasteiger partial charge is 0.345 e. The van der Waals surface area contributed by atoms with Crippen molar-refractivity contribution in [3.05, 3.63) is 21.9 Å². The maximum Gasteiger partial charge on any atom is 0.345 e. The maximum atomic E-state index is 11.5. The van der Waals surface area contributed by atoms with Crippen molar-refractivity contribution in [2.45, 2.75) is 20.1 Å². The standard InChI is InChI=1S/C7H8F2OS/c1-5-6(2-3-11-5)4-10-7(8)9/h2-3,7H,4H2,1H3. The molecule has 1 aromatic rings. The monoisotopic (exact) mass is 178 g/mol. The van der Waals surface area contributed by atoms with Crippen molar-refractivity contribution in [3.63, 3.8) is 0 Å². The molecule has 0 saturated carbocycles. The molecule has 0 aliphatic carbocycles. The van der Waals surface area contributed by atoms with Crippen molar-refractivity contribution < 1.29 is 13.5 Å². The minimum Gasteiger partial charge on any atom is -0.318 e. The fraction of sp³-hybridized carbons (Fsp3) is 0.429. The Hall–Kier alpha value is -0.480. The molecular formula is C7H8F2OS. The van der Waals surface area contributed by atoms with Crippen LogP contribution in [0.2, 0.25) is 0 Å². The summed E-state index contributed by atoms with van der Waals surface area (Å²) in [6.07, 6.45) is 0. The van der Waals surface area contributed by atoms with Crippen LogP contribution in [0.5, 0.6) is 0 Å². The summed E-state index contributed by atoms with van der Waals surface area (Å²) >= 11 is 1.53. The van der Waals surface area contributed by atoms with Crippen LogP contribution in [0, 0.1) is 6.92 Å². The molecule has 4 heteroatoms. The fourth-order valence-electron chi connectivity index (χ4n) is 0.714. The highest BCUT2D eigenvalue weighted by Gasteiger charge is 2.04. The molecule has 0 bridgehead atoms. The summed E-state index contributed by atoms with van der Waals surface area (Å²) in [7, 11) is 0. The molecule has 0 spiro atoms. The lowest BCUT2D eigenvalue weighted by Crippen LogP contribution is -1.98. The average molecular weight is 178 g/mol. The molecule has 0 aliphatic rings. The number of aryl methyl sites for hydroxylation is 1. The van der Waals surface area contributed by atoms with Crippen LogP contribution in [0.15, 0.2) is 11.4 Å². The molecule has 0 fully saturated rings. The van der Waals surface area contributed by atoms with Crippen molar-refractivity contribution in [3.8, 4) is 0 Å². The van der Waals surface area contributed by atoms with Crippen molar-refractivity contribution >= 4 is 11.3 Å². The molecular weight excluding hydrogens is 170 g/mol. The third-order valence-corrected chi connectivity index (χ3v) is 2.22. The first-order valence-corrected chi connectivity index (χ1v) is 4.01. The molecule has 0 unspecified atom stereocenters. The Morgan fingerprint density at radius 3 is 2.82 bits per heavy atom. The van der Waals surface area contributed by atoms with E-state index in [4.69, 9.17) is 0 Å². The molecule has 0 saturated heterocycles. The number of rotatable bonds is 3. The highest BCUT2D eigenvalue weighted by molar-refractivity contribution is 7.10. The van der Waals surface area contributed by atoms with Gasteiger partial charge in [-0.15, -0.1) is 11.3 Å². The van der Waals surface area contributed by atoms with E-state index in [2.05, 4.69) is 4.74 Å². The molecule has 0 aliphatic heterocycles. The van der Waals surface area contributed by atoms with Crippen LogP contribution in [0.25, 0.3) is 0 Å².